The SMILES string of the molecule is CCN(C)CCCN1CCOC(CNF)C1. The van der Waals surface area contributed by atoms with Gasteiger partial charge in [-0.05, 0) is 33.1 Å². The fourth-order valence-corrected chi connectivity index (χ4v) is 1.92. The molecule has 0 aromatic rings. The summed E-state index contributed by atoms with van der Waals surface area (Å²) in [6, 6.07) is 0. The maximum Gasteiger partial charge on any atom is 0.0852 e. The molecule has 5 heteroatoms. The fourth-order valence-electron chi connectivity index (χ4n) is 1.92. The van der Waals surface area contributed by atoms with Crippen molar-refractivity contribution in [1.82, 2.24) is 15.3 Å². The molecule has 1 rings (SSSR count). The molecule has 0 aromatic heterocycles. The third-order valence-electron chi connectivity index (χ3n) is 3.08. The van der Waals surface area contributed by atoms with Gasteiger partial charge in [-0.3, -0.25) is 4.90 Å². The number of nitrogens with one attached hydrogen (secondary N) is 1. The van der Waals surface area contributed by atoms with Crippen LogP contribution in [-0.2, 0) is 4.74 Å². The second-order valence-corrected chi connectivity index (χ2v) is 4.38. The van der Waals surface area contributed by atoms with Gasteiger partial charge in [0.15, 0.2) is 0 Å². The van der Waals surface area contributed by atoms with E-state index in [1.807, 2.05) is 0 Å². The van der Waals surface area contributed by atoms with Gasteiger partial charge < -0.3 is 9.64 Å². The van der Waals surface area contributed by atoms with E-state index in [0.717, 1.165) is 39.3 Å². The molecule has 0 amide bonds. The highest BCUT2D eigenvalue weighted by atomic mass is 19.2. The van der Waals surface area contributed by atoms with E-state index in [9.17, 15) is 4.48 Å². The molecular formula is C11H24FN3O. The minimum absolute atomic E-state index is 0.00246. The van der Waals surface area contributed by atoms with Gasteiger partial charge in [-0.25, -0.2) is 0 Å². The third kappa shape index (κ3) is 5.21. The van der Waals surface area contributed by atoms with E-state index < -0.39 is 0 Å². The highest BCUT2D eigenvalue weighted by Gasteiger charge is 2.19. The minimum Gasteiger partial charge on any atom is -0.374 e. The van der Waals surface area contributed by atoms with E-state index in [0.29, 0.717) is 6.54 Å². The number of halogens is 1. The van der Waals surface area contributed by atoms with Crippen molar-refractivity contribution >= 4 is 0 Å². The van der Waals surface area contributed by atoms with Crippen molar-refractivity contribution in [1.29, 1.82) is 0 Å². The number of morpholine rings is 1. The Hall–Kier alpha value is -0.230. The summed E-state index contributed by atoms with van der Waals surface area (Å²) in [6.45, 7) is 8.29. The molecule has 1 heterocycles. The minimum atomic E-state index is 0.00246. The second kappa shape index (κ2) is 7.95. The Labute approximate surface area is 97.7 Å². The first-order chi connectivity index (χ1) is 7.76. The summed E-state index contributed by atoms with van der Waals surface area (Å²) in [5, 5.41) is 0. The lowest BCUT2D eigenvalue weighted by Crippen LogP contribution is -2.46. The van der Waals surface area contributed by atoms with Crippen LogP contribution in [0.4, 0.5) is 4.48 Å². The molecule has 0 spiro atoms. The van der Waals surface area contributed by atoms with Gasteiger partial charge in [-0.15, -0.1) is 4.48 Å². The summed E-state index contributed by atoms with van der Waals surface area (Å²) in [6.07, 6.45) is 1.17. The summed E-state index contributed by atoms with van der Waals surface area (Å²) in [4.78, 5) is 4.66. The zero-order valence-corrected chi connectivity index (χ0v) is 10.4. The van der Waals surface area contributed by atoms with Crippen molar-refractivity contribution in [3.63, 3.8) is 0 Å². The first-order valence-corrected chi connectivity index (χ1v) is 6.12. The zero-order valence-electron chi connectivity index (χ0n) is 10.4. The van der Waals surface area contributed by atoms with Crippen LogP contribution in [0.5, 0.6) is 0 Å². The predicted octanol–water partition coefficient (Wildman–Crippen LogP) is 0.503. The maximum atomic E-state index is 12.0. The normalized spacial score (nSPS) is 22.9. The van der Waals surface area contributed by atoms with Gasteiger partial charge in [-0.2, -0.15) is 5.54 Å². The largest absolute Gasteiger partial charge is 0.374 e. The quantitative estimate of drug-likeness (QED) is 0.648. The van der Waals surface area contributed by atoms with Gasteiger partial charge in [0.2, 0.25) is 0 Å². The first-order valence-electron chi connectivity index (χ1n) is 6.12. The Bertz CT molecular complexity index is 181. The Morgan fingerprint density at radius 1 is 1.56 bits per heavy atom. The molecule has 16 heavy (non-hydrogen) atoms. The molecule has 0 aromatic carbocycles. The molecule has 1 aliphatic rings. The molecule has 1 N–H and O–H groups in total. The molecule has 0 bridgehead atoms. The van der Waals surface area contributed by atoms with E-state index in [2.05, 4.69) is 23.8 Å². The second-order valence-electron chi connectivity index (χ2n) is 4.38. The van der Waals surface area contributed by atoms with Crippen molar-refractivity contribution in [2.24, 2.45) is 0 Å². The lowest BCUT2D eigenvalue weighted by Gasteiger charge is -2.32. The molecule has 1 unspecified atom stereocenters. The Kier molecular flexibility index (Phi) is 6.87. The molecule has 4 nitrogen and oxygen atoms in total. The Morgan fingerprint density at radius 2 is 2.38 bits per heavy atom. The molecular weight excluding hydrogens is 209 g/mol. The van der Waals surface area contributed by atoms with Crippen LogP contribution in [0.3, 0.4) is 0 Å². The molecule has 1 saturated heterocycles. The summed E-state index contributed by atoms with van der Waals surface area (Å²) < 4.78 is 17.4. The number of hydrogen-bond acceptors (Lipinski definition) is 4. The molecule has 1 aliphatic heterocycles. The molecule has 1 atom stereocenters. The summed E-state index contributed by atoms with van der Waals surface area (Å²) >= 11 is 0. The summed E-state index contributed by atoms with van der Waals surface area (Å²) in [5.74, 6) is 0. The van der Waals surface area contributed by atoms with Crippen molar-refractivity contribution in [3.8, 4) is 0 Å². The van der Waals surface area contributed by atoms with Crippen LogP contribution in [0.1, 0.15) is 13.3 Å². The fraction of sp³-hybridized carbons (Fsp3) is 1.00. The summed E-state index contributed by atoms with van der Waals surface area (Å²) in [7, 11) is 2.13. The molecule has 0 aliphatic carbocycles. The van der Waals surface area contributed by atoms with Crippen LogP contribution in [0, 0.1) is 0 Å². The highest BCUT2D eigenvalue weighted by molar-refractivity contribution is 4.72. The number of rotatable bonds is 7. The van der Waals surface area contributed by atoms with Crippen LogP contribution >= 0.6 is 0 Å². The number of ether oxygens (including phenoxy) is 1. The first kappa shape index (κ1) is 13.8. The maximum absolute atomic E-state index is 12.0. The van der Waals surface area contributed by atoms with E-state index in [1.165, 1.54) is 6.42 Å². The Morgan fingerprint density at radius 3 is 3.06 bits per heavy atom. The molecule has 96 valence electrons. The van der Waals surface area contributed by atoms with Gasteiger partial charge in [0.1, 0.15) is 0 Å². The average molecular weight is 233 g/mol. The van der Waals surface area contributed by atoms with Crippen molar-refractivity contribution in [2.75, 3.05) is 52.9 Å². The lowest BCUT2D eigenvalue weighted by atomic mass is 10.2. The van der Waals surface area contributed by atoms with Crippen molar-refractivity contribution in [3.05, 3.63) is 0 Å². The number of nitrogens with zero attached hydrogens (tertiary/aromatic N) is 2. The van der Waals surface area contributed by atoms with E-state index >= 15 is 0 Å². The van der Waals surface area contributed by atoms with E-state index in [1.54, 1.807) is 5.54 Å². The number of hydrogen-bond donors (Lipinski definition) is 1. The monoisotopic (exact) mass is 233 g/mol. The predicted molar refractivity (Wildman–Crippen MR) is 63.1 cm³/mol. The van der Waals surface area contributed by atoms with E-state index in [-0.39, 0.29) is 6.10 Å². The average Bonchev–Trinajstić information content (AvgIpc) is 2.30. The van der Waals surface area contributed by atoms with Gasteiger partial charge in [-0.1, -0.05) is 6.92 Å². The third-order valence-corrected chi connectivity index (χ3v) is 3.08. The van der Waals surface area contributed by atoms with Crippen LogP contribution < -0.4 is 5.54 Å². The highest BCUT2D eigenvalue weighted by Crippen LogP contribution is 2.05. The molecule has 0 radical (unpaired) electrons. The molecule has 1 fully saturated rings. The van der Waals surface area contributed by atoms with Gasteiger partial charge >= 0.3 is 0 Å². The lowest BCUT2D eigenvalue weighted by molar-refractivity contribution is -0.0340. The van der Waals surface area contributed by atoms with Crippen molar-refractivity contribution in [2.45, 2.75) is 19.4 Å². The Balaban J connectivity index is 2.11. The van der Waals surface area contributed by atoms with Crippen LogP contribution in [0.25, 0.3) is 0 Å². The van der Waals surface area contributed by atoms with Gasteiger partial charge in [0, 0.05) is 13.1 Å². The van der Waals surface area contributed by atoms with Crippen LogP contribution in [0.15, 0.2) is 0 Å². The smallest absolute Gasteiger partial charge is 0.0852 e. The standard InChI is InChI=1S/C11H24FN3O/c1-3-14(2)5-4-6-15-7-8-16-11(10-15)9-13-12/h11,13H,3-10H2,1-2H3. The van der Waals surface area contributed by atoms with Crippen LogP contribution in [-0.4, -0.2) is 68.8 Å². The zero-order chi connectivity index (χ0) is 11.8. The van der Waals surface area contributed by atoms with Gasteiger partial charge in [0.05, 0.1) is 19.3 Å². The van der Waals surface area contributed by atoms with Crippen molar-refractivity contribution < 1.29 is 9.22 Å². The van der Waals surface area contributed by atoms with E-state index in [4.69, 9.17) is 4.74 Å². The molecule has 0 saturated carbocycles. The van der Waals surface area contributed by atoms with Gasteiger partial charge in [0.25, 0.3) is 0 Å². The topological polar surface area (TPSA) is 27.7 Å². The van der Waals surface area contributed by atoms with Crippen LogP contribution in [0.2, 0.25) is 0 Å². The summed E-state index contributed by atoms with van der Waals surface area (Å²) in [5.41, 5.74) is 1.68.